The van der Waals surface area contributed by atoms with E-state index in [0.29, 0.717) is 19.3 Å². The van der Waals surface area contributed by atoms with Gasteiger partial charge in [0.2, 0.25) is 17.7 Å². The molecule has 0 radical (unpaired) electrons. The Hall–Kier alpha value is -5.92. The van der Waals surface area contributed by atoms with Gasteiger partial charge in [-0.15, -0.1) is 0 Å². The van der Waals surface area contributed by atoms with Crippen molar-refractivity contribution in [3.05, 3.63) is 108 Å². The van der Waals surface area contributed by atoms with Crippen LogP contribution in [0.1, 0.15) is 77.0 Å². The van der Waals surface area contributed by atoms with E-state index >= 15 is 0 Å². The lowest BCUT2D eigenvalue weighted by Gasteiger charge is -2.28. The van der Waals surface area contributed by atoms with Crippen LogP contribution in [-0.4, -0.2) is 89.2 Å². The standard InChI is InChI=1S/C44H59N5O9/c1-31(2)27-36(39(51)47-35(41(53)54)23-15-16-25-45-42(55)57-30-34-21-13-8-14-22-34)48-40(52)37(28-33-19-11-7-12-20-33)46-38(50)29-49(43(56)58-44(3,4)5)26-24-32-17-9-6-10-18-32/h6-14,17-22,31,35-37H,15-16,23-30H2,1-5H3,(H,45,55)(H,46,50)(H,47,51)(H,48,52)(H,53,54)/t35-,36-,37-/m1/s1. The van der Waals surface area contributed by atoms with Gasteiger partial charge in [0.25, 0.3) is 0 Å². The van der Waals surface area contributed by atoms with Crippen molar-refractivity contribution in [2.45, 2.75) is 103 Å². The molecule has 0 aromatic heterocycles. The van der Waals surface area contributed by atoms with Crippen LogP contribution in [0.25, 0.3) is 0 Å². The molecule has 0 aliphatic rings. The Morgan fingerprint density at radius 3 is 1.83 bits per heavy atom. The Bertz CT molecular complexity index is 1750. The van der Waals surface area contributed by atoms with Crippen LogP contribution >= 0.6 is 0 Å². The Morgan fingerprint density at radius 2 is 1.26 bits per heavy atom. The highest BCUT2D eigenvalue weighted by Gasteiger charge is 2.31. The second-order valence-electron chi connectivity index (χ2n) is 15.5. The second kappa shape index (κ2) is 24.0. The van der Waals surface area contributed by atoms with Crippen molar-refractivity contribution in [2.75, 3.05) is 19.6 Å². The van der Waals surface area contributed by atoms with Gasteiger partial charge in [-0.05, 0) is 75.5 Å². The third-order valence-electron chi connectivity index (χ3n) is 8.79. The van der Waals surface area contributed by atoms with Crippen LogP contribution in [0.3, 0.4) is 0 Å². The predicted octanol–water partition coefficient (Wildman–Crippen LogP) is 5.39. The topological polar surface area (TPSA) is 192 Å². The third kappa shape index (κ3) is 18.4. The number of carbonyl (C=O) groups is 6. The summed E-state index contributed by atoms with van der Waals surface area (Å²) in [5.41, 5.74) is 1.74. The molecule has 5 amide bonds. The highest BCUT2D eigenvalue weighted by Crippen LogP contribution is 2.13. The van der Waals surface area contributed by atoms with Gasteiger partial charge in [-0.3, -0.25) is 19.3 Å². The van der Waals surface area contributed by atoms with Gasteiger partial charge >= 0.3 is 18.2 Å². The number of unbranched alkanes of at least 4 members (excludes halogenated alkanes) is 1. The molecule has 58 heavy (non-hydrogen) atoms. The maximum atomic E-state index is 14.0. The Labute approximate surface area is 341 Å². The van der Waals surface area contributed by atoms with Crippen molar-refractivity contribution in [1.82, 2.24) is 26.2 Å². The van der Waals surface area contributed by atoms with Crippen molar-refractivity contribution in [2.24, 2.45) is 5.92 Å². The molecule has 3 aromatic rings. The molecule has 0 bridgehead atoms. The molecular formula is C44H59N5O9. The monoisotopic (exact) mass is 801 g/mol. The number of amides is 5. The number of carboxylic acid groups (broad SMARTS) is 1. The van der Waals surface area contributed by atoms with E-state index in [9.17, 15) is 33.9 Å². The number of carbonyl (C=O) groups excluding carboxylic acids is 5. The fourth-order valence-electron chi connectivity index (χ4n) is 5.89. The first kappa shape index (κ1) is 46.5. The summed E-state index contributed by atoms with van der Waals surface area (Å²) in [7, 11) is 0. The molecule has 0 aliphatic heterocycles. The van der Waals surface area contributed by atoms with E-state index in [0.717, 1.165) is 16.7 Å². The summed E-state index contributed by atoms with van der Waals surface area (Å²) >= 11 is 0. The number of nitrogens with zero attached hydrogens (tertiary/aromatic N) is 1. The van der Waals surface area contributed by atoms with E-state index in [4.69, 9.17) is 9.47 Å². The fraction of sp³-hybridized carbons (Fsp3) is 0.455. The number of aliphatic carboxylic acids is 1. The minimum Gasteiger partial charge on any atom is -0.480 e. The van der Waals surface area contributed by atoms with Crippen molar-refractivity contribution in [3.8, 4) is 0 Å². The van der Waals surface area contributed by atoms with Crippen molar-refractivity contribution in [3.63, 3.8) is 0 Å². The van der Waals surface area contributed by atoms with Crippen molar-refractivity contribution >= 4 is 35.9 Å². The van der Waals surface area contributed by atoms with Crippen LogP contribution in [0.2, 0.25) is 0 Å². The summed E-state index contributed by atoms with van der Waals surface area (Å²) in [6.45, 7) is 9.08. The third-order valence-corrected chi connectivity index (χ3v) is 8.79. The fourth-order valence-corrected chi connectivity index (χ4v) is 5.89. The van der Waals surface area contributed by atoms with Gasteiger partial charge in [0.05, 0.1) is 0 Å². The largest absolute Gasteiger partial charge is 0.480 e. The first-order valence-electron chi connectivity index (χ1n) is 19.7. The zero-order chi connectivity index (χ0) is 42.5. The maximum Gasteiger partial charge on any atom is 0.410 e. The van der Waals surface area contributed by atoms with E-state index < -0.39 is 59.6 Å². The van der Waals surface area contributed by atoms with Crippen molar-refractivity contribution < 1.29 is 43.3 Å². The molecule has 3 aromatic carbocycles. The molecule has 0 aliphatic carbocycles. The first-order valence-corrected chi connectivity index (χ1v) is 19.7. The Balaban J connectivity index is 1.65. The maximum absolute atomic E-state index is 14.0. The van der Waals surface area contributed by atoms with E-state index in [2.05, 4.69) is 21.3 Å². The predicted molar refractivity (Wildman–Crippen MR) is 219 cm³/mol. The molecule has 0 unspecified atom stereocenters. The lowest BCUT2D eigenvalue weighted by Crippen LogP contribution is -2.57. The number of alkyl carbamates (subject to hydrolysis) is 1. The number of benzene rings is 3. The van der Waals surface area contributed by atoms with Crippen LogP contribution in [0.4, 0.5) is 9.59 Å². The Morgan fingerprint density at radius 1 is 0.707 bits per heavy atom. The summed E-state index contributed by atoms with van der Waals surface area (Å²) in [5.74, 6) is -3.25. The molecule has 0 fully saturated rings. The number of nitrogens with one attached hydrogen (secondary N) is 4. The molecule has 314 valence electrons. The molecule has 3 rings (SSSR count). The zero-order valence-electron chi connectivity index (χ0n) is 34.2. The quantitative estimate of drug-likeness (QED) is 0.0829. The normalized spacial score (nSPS) is 12.7. The van der Waals surface area contributed by atoms with E-state index in [-0.39, 0.29) is 51.4 Å². The molecule has 0 saturated heterocycles. The molecule has 14 nitrogen and oxygen atoms in total. The van der Waals surface area contributed by atoms with Gasteiger partial charge in [0.1, 0.15) is 36.9 Å². The lowest BCUT2D eigenvalue weighted by atomic mass is 10.00. The number of carboxylic acids is 1. The smallest absolute Gasteiger partial charge is 0.410 e. The number of rotatable bonds is 22. The molecule has 3 atom stereocenters. The van der Waals surface area contributed by atoms with Gasteiger partial charge < -0.3 is 35.8 Å². The molecule has 0 spiro atoms. The van der Waals surface area contributed by atoms with Gasteiger partial charge in [-0.1, -0.05) is 105 Å². The summed E-state index contributed by atoms with van der Waals surface area (Å²) in [5, 5.41) is 20.7. The van der Waals surface area contributed by atoms with E-state index in [1.165, 1.54) is 4.90 Å². The molecule has 5 N–H and O–H groups in total. The number of hydrogen-bond donors (Lipinski definition) is 5. The van der Waals surface area contributed by atoms with Crippen LogP contribution in [0, 0.1) is 5.92 Å². The summed E-state index contributed by atoms with van der Waals surface area (Å²) in [6.07, 6.45) is 0.346. The molecule has 0 heterocycles. The number of ether oxygens (including phenoxy) is 2. The van der Waals surface area contributed by atoms with Gasteiger partial charge in [0, 0.05) is 19.5 Å². The number of hydrogen-bond acceptors (Lipinski definition) is 8. The van der Waals surface area contributed by atoms with Crippen LogP contribution in [-0.2, 0) is 48.1 Å². The average molecular weight is 802 g/mol. The van der Waals surface area contributed by atoms with Gasteiger partial charge in [0.15, 0.2) is 0 Å². The molecule has 0 saturated carbocycles. The minimum atomic E-state index is -1.25. The average Bonchev–Trinajstić information content (AvgIpc) is 3.17. The SMILES string of the molecule is CC(C)C[C@@H](NC(=O)[C@@H](Cc1ccccc1)NC(=O)CN(CCc1ccccc1)C(=O)OC(C)(C)C)C(=O)N[C@H](CCCCNC(=O)OCc1ccccc1)C(=O)O. The van der Waals surface area contributed by atoms with E-state index in [1.807, 2.05) is 80.6 Å². The molecular weight excluding hydrogens is 743 g/mol. The van der Waals surface area contributed by atoms with Crippen LogP contribution in [0.15, 0.2) is 91.0 Å². The van der Waals surface area contributed by atoms with Crippen LogP contribution < -0.4 is 21.3 Å². The second-order valence-corrected chi connectivity index (χ2v) is 15.5. The van der Waals surface area contributed by atoms with Gasteiger partial charge in [-0.25, -0.2) is 14.4 Å². The zero-order valence-corrected chi connectivity index (χ0v) is 34.2. The van der Waals surface area contributed by atoms with Crippen molar-refractivity contribution in [1.29, 1.82) is 0 Å². The van der Waals surface area contributed by atoms with E-state index in [1.54, 1.807) is 45.0 Å². The van der Waals surface area contributed by atoms with Crippen LogP contribution in [0.5, 0.6) is 0 Å². The molecule has 14 heteroatoms. The lowest BCUT2D eigenvalue weighted by molar-refractivity contribution is -0.142. The first-order chi connectivity index (χ1) is 27.6. The van der Waals surface area contributed by atoms with Gasteiger partial charge in [-0.2, -0.15) is 0 Å². The summed E-state index contributed by atoms with van der Waals surface area (Å²) in [6, 6.07) is 24.2. The summed E-state index contributed by atoms with van der Waals surface area (Å²) in [4.78, 5) is 80.0. The highest BCUT2D eigenvalue weighted by atomic mass is 16.6. The summed E-state index contributed by atoms with van der Waals surface area (Å²) < 4.78 is 10.8. The Kier molecular flexibility index (Phi) is 19.2. The minimum absolute atomic E-state index is 0.0683. The highest BCUT2D eigenvalue weighted by molar-refractivity contribution is 5.94.